The summed E-state index contributed by atoms with van der Waals surface area (Å²) in [5.74, 6) is -0.108. The Hall–Kier alpha value is -3.07. The van der Waals surface area contributed by atoms with Crippen LogP contribution in [0.2, 0.25) is 0 Å². The fourth-order valence-electron chi connectivity index (χ4n) is 3.85. The van der Waals surface area contributed by atoms with Gasteiger partial charge < -0.3 is 15.0 Å². The Labute approximate surface area is 215 Å². The van der Waals surface area contributed by atoms with E-state index in [0.717, 1.165) is 21.7 Å². The van der Waals surface area contributed by atoms with Gasteiger partial charge in [-0.1, -0.05) is 57.2 Å². The first-order valence-corrected chi connectivity index (χ1v) is 14.2. The van der Waals surface area contributed by atoms with E-state index in [2.05, 4.69) is 5.32 Å². The maximum Gasteiger partial charge on any atom is 0.244 e. The lowest BCUT2D eigenvalue weighted by Crippen LogP contribution is -2.52. The van der Waals surface area contributed by atoms with E-state index in [1.54, 1.807) is 31.2 Å². The highest BCUT2D eigenvalue weighted by atomic mass is 32.2. The van der Waals surface area contributed by atoms with Gasteiger partial charge in [-0.25, -0.2) is 8.42 Å². The summed E-state index contributed by atoms with van der Waals surface area (Å²) in [4.78, 5) is 28.4. The van der Waals surface area contributed by atoms with Crippen LogP contribution in [-0.4, -0.2) is 57.1 Å². The molecule has 0 saturated heterocycles. The van der Waals surface area contributed by atoms with Gasteiger partial charge in [-0.15, -0.1) is 0 Å². The lowest BCUT2D eigenvalue weighted by Gasteiger charge is -2.33. The molecule has 0 aliphatic carbocycles. The van der Waals surface area contributed by atoms with Crippen LogP contribution < -0.4 is 14.4 Å². The van der Waals surface area contributed by atoms with Crippen LogP contribution in [-0.2, 0) is 26.2 Å². The Morgan fingerprint density at radius 1 is 1.03 bits per heavy atom. The minimum atomic E-state index is -3.84. The van der Waals surface area contributed by atoms with Gasteiger partial charge in [0, 0.05) is 13.1 Å². The number of carbonyl (C=O) groups excluding carboxylic acids is 2. The topological polar surface area (TPSA) is 96.0 Å². The molecular weight excluding hydrogens is 478 g/mol. The van der Waals surface area contributed by atoms with Gasteiger partial charge in [0.05, 0.1) is 18.6 Å². The molecule has 1 N–H and O–H groups in total. The first kappa shape index (κ1) is 29.2. The number of para-hydroxylation sites is 2. The average Bonchev–Trinajstić information content (AvgIpc) is 2.82. The maximum absolute atomic E-state index is 13.8. The fraction of sp³-hybridized carbons (Fsp3) is 0.481. The zero-order chi connectivity index (χ0) is 26.9. The van der Waals surface area contributed by atoms with E-state index < -0.39 is 28.5 Å². The fourth-order valence-corrected chi connectivity index (χ4v) is 4.70. The molecule has 0 unspecified atom stereocenters. The van der Waals surface area contributed by atoms with Crippen molar-refractivity contribution in [2.75, 3.05) is 30.3 Å². The van der Waals surface area contributed by atoms with Gasteiger partial charge >= 0.3 is 0 Å². The van der Waals surface area contributed by atoms with Crippen molar-refractivity contribution in [2.24, 2.45) is 5.92 Å². The Morgan fingerprint density at radius 2 is 1.67 bits per heavy atom. The van der Waals surface area contributed by atoms with E-state index in [1.807, 2.05) is 52.0 Å². The lowest BCUT2D eigenvalue weighted by molar-refractivity contribution is -0.140. The molecule has 36 heavy (non-hydrogen) atoms. The normalized spacial score (nSPS) is 12.2. The van der Waals surface area contributed by atoms with Crippen LogP contribution in [0.25, 0.3) is 0 Å². The number of rotatable bonds is 13. The second kappa shape index (κ2) is 13.3. The molecule has 2 rings (SSSR count). The number of nitrogens with one attached hydrogen (secondary N) is 1. The van der Waals surface area contributed by atoms with Crippen LogP contribution >= 0.6 is 0 Å². The molecule has 0 fully saturated rings. The highest BCUT2D eigenvalue weighted by Gasteiger charge is 2.32. The number of benzene rings is 2. The molecule has 0 heterocycles. The maximum atomic E-state index is 13.8. The first-order chi connectivity index (χ1) is 17.0. The number of anilines is 1. The predicted molar refractivity (Wildman–Crippen MR) is 143 cm³/mol. The van der Waals surface area contributed by atoms with Crippen molar-refractivity contribution in [1.82, 2.24) is 10.2 Å². The van der Waals surface area contributed by atoms with E-state index in [-0.39, 0.29) is 24.1 Å². The van der Waals surface area contributed by atoms with Crippen molar-refractivity contribution in [3.05, 3.63) is 59.7 Å². The molecule has 0 aliphatic heterocycles. The molecule has 0 radical (unpaired) electrons. The van der Waals surface area contributed by atoms with Crippen molar-refractivity contribution < 1.29 is 22.7 Å². The average molecular weight is 518 g/mol. The third-order valence-corrected chi connectivity index (χ3v) is 6.91. The summed E-state index contributed by atoms with van der Waals surface area (Å²) in [5.41, 5.74) is 2.15. The minimum absolute atomic E-state index is 0.184. The predicted octanol–water partition coefficient (Wildman–Crippen LogP) is 3.74. The quantitative estimate of drug-likeness (QED) is 0.437. The Kier molecular flexibility index (Phi) is 10.8. The van der Waals surface area contributed by atoms with Gasteiger partial charge in [0.15, 0.2) is 0 Å². The van der Waals surface area contributed by atoms with Crippen LogP contribution in [0.3, 0.4) is 0 Å². The zero-order valence-electron chi connectivity index (χ0n) is 22.2. The number of aryl methyl sites for hydroxylation is 1. The van der Waals surface area contributed by atoms with Crippen molar-refractivity contribution in [1.29, 1.82) is 0 Å². The van der Waals surface area contributed by atoms with Crippen LogP contribution in [0, 0.1) is 12.8 Å². The monoisotopic (exact) mass is 517 g/mol. The van der Waals surface area contributed by atoms with Gasteiger partial charge in [0.25, 0.3) is 0 Å². The molecule has 8 nitrogen and oxygen atoms in total. The Bertz CT molecular complexity index is 1130. The highest BCUT2D eigenvalue weighted by molar-refractivity contribution is 7.92. The second-order valence-electron chi connectivity index (χ2n) is 9.18. The number of hydrogen-bond acceptors (Lipinski definition) is 5. The number of carbonyl (C=O) groups is 2. The molecular formula is C27H39N3O5S. The molecule has 9 heteroatoms. The molecule has 0 spiro atoms. The van der Waals surface area contributed by atoms with E-state index in [1.165, 1.54) is 4.90 Å². The summed E-state index contributed by atoms with van der Waals surface area (Å²) in [6, 6.07) is 13.6. The molecule has 2 amide bonds. The number of sulfonamides is 1. The van der Waals surface area contributed by atoms with Gasteiger partial charge in [0.2, 0.25) is 21.8 Å². The van der Waals surface area contributed by atoms with Crippen molar-refractivity contribution in [3.8, 4) is 5.75 Å². The number of hydrogen-bond donors (Lipinski definition) is 1. The van der Waals surface area contributed by atoms with E-state index in [4.69, 9.17) is 4.74 Å². The summed E-state index contributed by atoms with van der Waals surface area (Å²) in [6.07, 6.45) is 1.44. The molecule has 0 bridgehead atoms. The van der Waals surface area contributed by atoms with Crippen LogP contribution in [0.15, 0.2) is 48.5 Å². The summed E-state index contributed by atoms with van der Waals surface area (Å²) in [5, 5.41) is 2.93. The van der Waals surface area contributed by atoms with Gasteiger partial charge in [-0.05, 0) is 49.4 Å². The lowest BCUT2D eigenvalue weighted by atomic mass is 10.1. The SMILES string of the molecule is CCOc1ccccc1N(CC(=O)N(Cc1ccccc1C)[C@H](CC)C(=O)NCC(C)C)S(C)(=O)=O. The van der Waals surface area contributed by atoms with Crippen LogP contribution in [0.1, 0.15) is 45.2 Å². The highest BCUT2D eigenvalue weighted by Crippen LogP contribution is 2.30. The van der Waals surface area contributed by atoms with Gasteiger partial charge in [-0.2, -0.15) is 0 Å². The summed E-state index contributed by atoms with van der Waals surface area (Å²) in [6.45, 7) is 10.1. The summed E-state index contributed by atoms with van der Waals surface area (Å²) >= 11 is 0. The van der Waals surface area contributed by atoms with E-state index in [9.17, 15) is 18.0 Å². The van der Waals surface area contributed by atoms with Crippen molar-refractivity contribution in [3.63, 3.8) is 0 Å². The molecule has 198 valence electrons. The molecule has 1 atom stereocenters. The molecule has 2 aromatic rings. The largest absolute Gasteiger partial charge is 0.492 e. The third-order valence-electron chi connectivity index (χ3n) is 5.79. The Morgan fingerprint density at radius 3 is 2.25 bits per heavy atom. The molecule has 0 saturated carbocycles. The van der Waals surface area contributed by atoms with E-state index in [0.29, 0.717) is 25.3 Å². The smallest absolute Gasteiger partial charge is 0.244 e. The molecule has 2 aromatic carbocycles. The third kappa shape index (κ3) is 7.98. The first-order valence-electron chi connectivity index (χ1n) is 12.3. The van der Waals surface area contributed by atoms with Gasteiger partial charge in [-0.3, -0.25) is 13.9 Å². The van der Waals surface area contributed by atoms with Crippen molar-refractivity contribution in [2.45, 2.75) is 53.6 Å². The second-order valence-corrected chi connectivity index (χ2v) is 11.1. The molecule has 0 aromatic heterocycles. The summed E-state index contributed by atoms with van der Waals surface area (Å²) < 4.78 is 32.3. The van der Waals surface area contributed by atoms with Crippen molar-refractivity contribution >= 4 is 27.5 Å². The molecule has 0 aliphatic rings. The van der Waals surface area contributed by atoms with E-state index >= 15 is 0 Å². The minimum Gasteiger partial charge on any atom is -0.492 e. The standard InChI is InChI=1S/C27H39N3O5S/c1-7-23(27(32)28-17-20(3)4)29(18-22-14-10-9-13-21(22)5)26(31)19-30(36(6,33)34)24-15-11-12-16-25(24)35-8-2/h9-16,20,23H,7-8,17-19H2,1-6H3,(H,28,32)/t23-/m1/s1. The van der Waals surface area contributed by atoms with Crippen LogP contribution in [0.5, 0.6) is 5.75 Å². The zero-order valence-corrected chi connectivity index (χ0v) is 23.0. The number of ether oxygens (including phenoxy) is 1. The summed E-state index contributed by atoms with van der Waals surface area (Å²) in [7, 11) is -3.84. The van der Waals surface area contributed by atoms with Crippen LogP contribution in [0.4, 0.5) is 5.69 Å². The Balaban J connectivity index is 2.48. The van der Waals surface area contributed by atoms with Gasteiger partial charge in [0.1, 0.15) is 18.3 Å². The number of amides is 2. The number of nitrogens with zero attached hydrogens (tertiary/aromatic N) is 2.